The molecule has 0 bridgehead atoms. The van der Waals surface area contributed by atoms with Crippen molar-refractivity contribution in [1.82, 2.24) is 20.1 Å². The molecule has 0 amide bonds. The van der Waals surface area contributed by atoms with Crippen LogP contribution in [0.1, 0.15) is 18.2 Å². The lowest BCUT2D eigenvalue weighted by Gasteiger charge is -2.33. The fraction of sp³-hybridized carbons (Fsp3) is 0.643. The molecule has 1 aliphatic rings. The predicted octanol–water partition coefficient (Wildman–Crippen LogP) is 1.12. The van der Waals surface area contributed by atoms with Gasteiger partial charge < -0.3 is 15.1 Å². The van der Waals surface area contributed by atoms with Crippen molar-refractivity contribution < 1.29 is 4.39 Å². The molecule has 0 radical (unpaired) electrons. The van der Waals surface area contributed by atoms with E-state index in [1.54, 1.807) is 6.07 Å². The number of hydrogen-bond donors (Lipinski definition) is 1. The first-order valence-corrected chi connectivity index (χ1v) is 6.88. The summed E-state index contributed by atoms with van der Waals surface area (Å²) in [6, 6.07) is 3.43. The Morgan fingerprint density at radius 3 is 2.63 bits per heavy atom. The van der Waals surface area contributed by atoms with E-state index in [2.05, 4.69) is 27.1 Å². The Morgan fingerprint density at radius 1 is 1.32 bits per heavy atom. The molecule has 1 aromatic rings. The summed E-state index contributed by atoms with van der Waals surface area (Å²) in [6.45, 7) is 5.59. The highest BCUT2D eigenvalue weighted by atomic mass is 19.1. The summed E-state index contributed by atoms with van der Waals surface area (Å²) in [6.07, 6.45) is 2.29. The minimum Gasteiger partial charge on any atom is -0.312 e. The molecule has 19 heavy (non-hydrogen) atoms. The zero-order valence-electron chi connectivity index (χ0n) is 11.8. The molecule has 2 rings (SSSR count). The van der Waals surface area contributed by atoms with Gasteiger partial charge in [0, 0.05) is 32.7 Å². The quantitative estimate of drug-likeness (QED) is 0.865. The summed E-state index contributed by atoms with van der Waals surface area (Å²) in [7, 11) is 4.09. The van der Waals surface area contributed by atoms with E-state index >= 15 is 0 Å². The molecular formula is C14H23FN4. The van der Waals surface area contributed by atoms with E-state index in [4.69, 9.17) is 0 Å². The summed E-state index contributed by atoms with van der Waals surface area (Å²) < 4.78 is 12.9. The Labute approximate surface area is 114 Å². The number of hydrogen-bond acceptors (Lipinski definition) is 4. The summed E-state index contributed by atoms with van der Waals surface area (Å²) in [4.78, 5) is 9.00. The van der Waals surface area contributed by atoms with Gasteiger partial charge in [0.15, 0.2) is 0 Å². The van der Waals surface area contributed by atoms with Crippen LogP contribution >= 0.6 is 0 Å². The fourth-order valence-electron chi connectivity index (χ4n) is 2.42. The number of pyridine rings is 1. The SMILES string of the molecule is CNC(CCN1CCN(C)CC1)c1ccc(F)cn1. The summed E-state index contributed by atoms with van der Waals surface area (Å²) in [5.41, 5.74) is 0.915. The molecule has 1 saturated heterocycles. The van der Waals surface area contributed by atoms with Crippen LogP contribution in [0.2, 0.25) is 0 Å². The summed E-state index contributed by atoms with van der Waals surface area (Å²) >= 11 is 0. The molecule has 106 valence electrons. The van der Waals surface area contributed by atoms with Gasteiger partial charge in [-0.25, -0.2) is 4.39 Å². The van der Waals surface area contributed by atoms with E-state index in [0.29, 0.717) is 0 Å². The number of aromatic nitrogens is 1. The highest BCUT2D eigenvalue weighted by Gasteiger charge is 2.16. The molecule has 1 unspecified atom stereocenters. The molecule has 1 aromatic heterocycles. The number of piperazine rings is 1. The van der Waals surface area contributed by atoms with Gasteiger partial charge in [-0.05, 0) is 32.6 Å². The third-order valence-electron chi connectivity index (χ3n) is 3.79. The Kier molecular flexibility index (Phi) is 5.24. The standard InChI is InChI=1S/C14H23FN4/c1-16-13(14-4-3-12(15)11-17-14)5-6-19-9-7-18(2)8-10-19/h3-4,11,13,16H,5-10H2,1-2H3. The van der Waals surface area contributed by atoms with Crippen LogP contribution in [0.25, 0.3) is 0 Å². The van der Waals surface area contributed by atoms with Gasteiger partial charge in [0.25, 0.3) is 0 Å². The van der Waals surface area contributed by atoms with Gasteiger partial charge in [0.1, 0.15) is 5.82 Å². The van der Waals surface area contributed by atoms with Gasteiger partial charge in [-0.1, -0.05) is 0 Å². The van der Waals surface area contributed by atoms with E-state index in [0.717, 1.165) is 44.8 Å². The smallest absolute Gasteiger partial charge is 0.141 e. The number of nitrogens with zero attached hydrogens (tertiary/aromatic N) is 3. The molecule has 2 heterocycles. The average Bonchev–Trinajstić information content (AvgIpc) is 2.43. The van der Waals surface area contributed by atoms with Crippen LogP contribution in [-0.2, 0) is 0 Å². The van der Waals surface area contributed by atoms with Crippen molar-refractivity contribution in [1.29, 1.82) is 0 Å². The van der Waals surface area contributed by atoms with Crippen LogP contribution in [0.15, 0.2) is 18.3 Å². The lowest BCUT2D eigenvalue weighted by Crippen LogP contribution is -2.45. The highest BCUT2D eigenvalue weighted by Crippen LogP contribution is 2.15. The first kappa shape index (κ1) is 14.4. The van der Waals surface area contributed by atoms with Crippen molar-refractivity contribution in [2.45, 2.75) is 12.5 Å². The Balaban J connectivity index is 1.84. The lowest BCUT2D eigenvalue weighted by molar-refractivity contribution is 0.149. The van der Waals surface area contributed by atoms with Crippen molar-refractivity contribution in [3.8, 4) is 0 Å². The van der Waals surface area contributed by atoms with E-state index in [9.17, 15) is 4.39 Å². The predicted molar refractivity (Wildman–Crippen MR) is 74.5 cm³/mol. The molecule has 0 spiro atoms. The Morgan fingerprint density at radius 2 is 2.05 bits per heavy atom. The summed E-state index contributed by atoms with van der Waals surface area (Å²) in [5.74, 6) is -0.280. The third-order valence-corrected chi connectivity index (χ3v) is 3.79. The van der Waals surface area contributed by atoms with Gasteiger partial charge in [-0.2, -0.15) is 0 Å². The maximum absolute atomic E-state index is 12.9. The van der Waals surface area contributed by atoms with E-state index in [1.807, 2.05) is 7.05 Å². The normalized spacial score (nSPS) is 19.5. The zero-order valence-corrected chi connectivity index (χ0v) is 11.8. The Hall–Kier alpha value is -1.04. The average molecular weight is 266 g/mol. The molecule has 5 heteroatoms. The molecule has 4 nitrogen and oxygen atoms in total. The van der Waals surface area contributed by atoms with Gasteiger partial charge in [0.2, 0.25) is 0 Å². The molecule has 0 aromatic carbocycles. The summed E-state index contributed by atoms with van der Waals surface area (Å²) in [5, 5.41) is 3.26. The first-order valence-electron chi connectivity index (χ1n) is 6.88. The molecule has 0 aliphatic carbocycles. The lowest BCUT2D eigenvalue weighted by atomic mass is 10.1. The van der Waals surface area contributed by atoms with Gasteiger partial charge >= 0.3 is 0 Å². The van der Waals surface area contributed by atoms with Crippen molar-refractivity contribution in [3.05, 3.63) is 29.8 Å². The monoisotopic (exact) mass is 266 g/mol. The van der Waals surface area contributed by atoms with Gasteiger partial charge in [-0.3, -0.25) is 4.98 Å². The second-order valence-corrected chi connectivity index (χ2v) is 5.18. The molecular weight excluding hydrogens is 243 g/mol. The van der Waals surface area contributed by atoms with Crippen LogP contribution in [0.5, 0.6) is 0 Å². The third kappa shape index (κ3) is 4.23. The molecule has 0 saturated carbocycles. The first-order chi connectivity index (χ1) is 9.19. The molecule has 1 fully saturated rings. The van der Waals surface area contributed by atoms with E-state index in [1.165, 1.54) is 12.3 Å². The van der Waals surface area contributed by atoms with E-state index < -0.39 is 0 Å². The Bertz CT molecular complexity index is 374. The number of rotatable bonds is 5. The zero-order chi connectivity index (χ0) is 13.7. The topological polar surface area (TPSA) is 31.4 Å². The van der Waals surface area contributed by atoms with Crippen molar-refractivity contribution in [2.75, 3.05) is 46.8 Å². The molecule has 1 aliphatic heterocycles. The van der Waals surface area contributed by atoms with Crippen LogP contribution in [0, 0.1) is 5.82 Å². The van der Waals surface area contributed by atoms with Crippen LogP contribution in [0.4, 0.5) is 4.39 Å². The number of likely N-dealkylation sites (N-methyl/N-ethyl adjacent to an activating group) is 1. The fourth-order valence-corrected chi connectivity index (χ4v) is 2.42. The van der Waals surface area contributed by atoms with Crippen LogP contribution < -0.4 is 5.32 Å². The second kappa shape index (κ2) is 6.93. The minimum atomic E-state index is -0.280. The van der Waals surface area contributed by atoms with Gasteiger partial charge in [0.05, 0.1) is 17.9 Å². The van der Waals surface area contributed by atoms with Crippen molar-refractivity contribution in [2.24, 2.45) is 0 Å². The highest BCUT2D eigenvalue weighted by molar-refractivity contribution is 5.09. The maximum atomic E-state index is 12.9. The van der Waals surface area contributed by atoms with E-state index in [-0.39, 0.29) is 11.9 Å². The second-order valence-electron chi connectivity index (χ2n) is 5.18. The van der Waals surface area contributed by atoms with Gasteiger partial charge in [-0.15, -0.1) is 0 Å². The van der Waals surface area contributed by atoms with Crippen LogP contribution in [0.3, 0.4) is 0 Å². The van der Waals surface area contributed by atoms with Crippen LogP contribution in [-0.4, -0.2) is 61.6 Å². The van der Waals surface area contributed by atoms with Crippen molar-refractivity contribution in [3.63, 3.8) is 0 Å². The minimum absolute atomic E-state index is 0.195. The number of nitrogens with one attached hydrogen (secondary N) is 1. The maximum Gasteiger partial charge on any atom is 0.141 e. The molecule has 1 atom stereocenters. The number of halogens is 1. The largest absolute Gasteiger partial charge is 0.312 e. The molecule has 1 N–H and O–H groups in total. The van der Waals surface area contributed by atoms with Crippen molar-refractivity contribution >= 4 is 0 Å².